The van der Waals surface area contributed by atoms with Crippen molar-refractivity contribution in [2.75, 3.05) is 11.6 Å². The molecule has 3 rings (SSSR count). The summed E-state index contributed by atoms with van der Waals surface area (Å²) in [6.07, 6.45) is 5.70. The first-order chi connectivity index (χ1) is 12.3. The van der Waals surface area contributed by atoms with E-state index in [9.17, 15) is 4.57 Å². The molecule has 0 aliphatic carbocycles. The summed E-state index contributed by atoms with van der Waals surface area (Å²) in [6.45, 7) is 3.13. The van der Waals surface area contributed by atoms with Gasteiger partial charge in [-0.3, -0.25) is 9.57 Å². The van der Waals surface area contributed by atoms with Gasteiger partial charge in [-0.05, 0) is 61.1 Å². The molecule has 0 radical (unpaired) electrons. The van der Waals surface area contributed by atoms with Crippen molar-refractivity contribution in [3.05, 3.63) is 59.7 Å². The molecule has 2 aromatic carbocycles. The number of anilines is 1. The maximum Gasteiger partial charge on any atom is 0.225 e. The third-order valence-electron chi connectivity index (χ3n) is 4.45. The Balaban J connectivity index is 1.74. The lowest BCUT2D eigenvalue weighted by Gasteiger charge is -2.25. The summed E-state index contributed by atoms with van der Waals surface area (Å²) >= 11 is 0. The Morgan fingerprint density at radius 2 is 1.88 bits per heavy atom. The molecule has 25 heavy (non-hydrogen) atoms. The molecule has 0 bridgehead atoms. The minimum absolute atomic E-state index is 0.637. The van der Waals surface area contributed by atoms with Crippen molar-refractivity contribution in [1.82, 2.24) is 0 Å². The molecule has 4 nitrogen and oxygen atoms in total. The molecule has 0 amide bonds. The molecule has 0 saturated carbocycles. The zero-order chi connectivity index (χ0) is 17.5. The average molecular weight is 356 g/mol. The van der Waals surface area contributed by atoms with Crippen molar-refractivity contribution in [1.29, 1.82) is 0 Å². The zero-order valence-corrected chi connectivity index (χ0v) is 15.8. The van der Waals surface area contributed by atoms with Crippen LogP contribution < -0.4 is 9.53 Å². The number of nitrogens with zero attached hydrogens (tertiary/aromatic N) is 2. The molecule has 0 N–H and O–H groups in total. The van der Waals surface area contributed by atoms with E-state index in [4.69, 9.17) is 9.63 Å². The van der Waals surface area contributed by atoms with E-state index in [-0.39, 0.29) is 0 Å². The quantitative estimate of drug-likeness (QED) is 0.649. The predicted octanol–water partition coefficient (Wildman–Crippen LogP) is 5.08. The molecule has 1 atom stereocenters. The van der Waals surface area contributed by atoms with Crippen LogP contribution in [0.4, 0.5) is 5.69 Å². The molecular weight excluding hydrogens is 331 g/mol. The molecule has 132 valence electrons. The fraction of sp³-hybridized carbons (Fsp3) is 0.350. The van der Waals surface area contributed by atoms with Gasteiger partial charge >= 0.3 is 0 Å². The van der Waals surface area contributed by atoms with E-state index in [2.05, 4.69) is 31.2 Å². The Kier molecular flexibility index (Phi) is 6.30. The number of hydrogen-bond donors (Lipinski definition) is 0. The Labute approximate surface area is 150 Å². The van der Waals surface area contributed by atoms with Crippen molar-refractivity contribution < 1.29 is 9.09 Å². The topological polar surface area (TPSA) is 41.9 Å². The Hall–Kier alpha value is -2.06. The lowest BCUT2D eigenvalue weighted by atomic mass is 10.0. The highest BCUT2D eigenvalue weighted by Crippen LogP contribution is 2.25. The van der Waals surface area contributed by atoms with Crippen molar-refractivity contribution in [2.24, 2.45) is 5.10 Å². The molecule has 0 aromatic heterocycles. The van der Waals surface area contributed by atoms with Gasteiger partial charge in [0.1, 0.15) is 5.75 Å². The molecule has 1 aliphatic heterocycles. The highest BCUT2D eigenvalue weighted by Gasteiger charge is 2.15. The summed E-state index contributed by atoms with van der Waals surface area (Å²) in [5, 5.41) is 6.88. The molecule has 5 heteroatoms. The highest BCUT2D eigenvalue weighted by atomic mass is 31.1. The summed E-state index contributed by atoms with van der Waals surface area (Å²) in [7, 11) is -1.22. The van der Waals surface area contributed by atoms with Crippen molar-refractivity contribution in [3.63, 3.8) is 0 Å². The normalized spacial score (nSPS) is 14.8. The zero-order valence-electron chi connectivity index (χ0n) is 14.6. The number of hydrogen-bond acceptors (Lipinski definition) is 4. The van der Waals surface area contributed by atoms with E-state index in [1.165, 1.54) is 24.0 Å². The number of aryl methyl sites for hydroxylation is 1. The SMILES string of the molecule is CCCCc1ccc(C2=NN(c3ccc(O[PH2]=O)cc3)CCC2)cc1. The fourth-order valence-corrected chi connectivity index (χ4v) is 3.30. The van der Waals surface area contributed by atoms with Crippen LogP contribution in [-0.4, -0.2) is 12.3 Å². The number of unbranched alkanes of at least 4 members (excludes halogenated alkanes) is 1. The minimum Gasteiger partial charge on any atom is -0.447 e. The number of benzene rings is 2. The maximum atomic E-state index is 10.6. The molecule has 0 fully saturated rings. The van der Waals surface area contributed by atoms with Crippen LogP contribution in [0.2, 0.25) is 0 Å². The van der Waals surface area contributed by atoms with Crippen LogP contribution in [0.5, 0.6) is 5.75 Å². The molecule has 1 heterocycles. The standard InChI is InChI=1S/C20H25N2O2P/c1-2-3-5-16-7-9-17(10-8-16)20-6-4-15-22(21-20)18-11-13-19(14-12-18)24-25-23/h7-14H,2-6,15,25H2,1H3. The Morgan fingerprint density at radius 3 is 2.56 bits per heavy atom. The van der Waals surface area contributed by atoms with Gasteiger partial charge in [0.25, 0.3) is 0 Å². The van der Waals surface area contributed by atoms with Gasteiger partial charge in [0, 0.05) is 6.54 Å². The van der Waals surface area contributed by atoms with Gasteiger partial charge < -0.3 is 4.52 Å². The van der Waals surface area contributed by atoms with Crippen molar-refractivity contribution in [3.8, 4) is 5.75 Å². The first kappa shape index (κ1) is 17.8. The van der Waals surface area contributed by atoms with Crippen LogP contribution in [-0.2, 0) is 11.0 Å². The van der Waals surface area contributed by atoms with Gasteiger partial charge in [0.05, 0.1) is 11.4 Å². The van der Waals surface area contributed by atoms with Crippen LogP contribution in [0, 0.1) is 0 Å². The van der Waals surface area contributed by atoms with Crippen LogP contribution in [0.3, 0.4) is 0 Å². The molecule has 1 aliphatic rings. The van der Waals surface area contributed by atoms with Gasteiger partial charge in [0.15, 0.2) is 0 Å². The molecule has 0 spiro atoms. The third-order valence-corrected chi connectivity index (χ3v) is 4.82. The fourth-order valence-electron chi connectivity index (χ4n) is 3.03. The summed E-state index contributed by atoms with van der Waals surface area (Å²) in [5.74, 6) is 0.637. The smallest absolute Gasteiger partial charge is 0.225 e. The summed E-state index contributed by atoms with van der Waals surface area (Å²) in [6, 6.07) is 16.4. The van der Waals surface area contributed by atoms with Crippen molar-refractivity contribution >= 4 is 20.1 Å². The largest absolute Gasteiger partial charge is 0.447 e. The van der Waals surface area contributed by atoms with Gasteiger partial charge in [-0.2, -0.15) is 5.10 Å². The lowest BCUT2D eigenvalue weighted by Crippen LogP contribution is -2.26. The van der Waals surface area contributed by atoms with E-state index >= 15 is 0 Å². The first-order valence-corrected chi connectivity index (χ1v) is 9.89. The van der Waals surface area contributed by atoms with Gasteiger partial charge in [0.2, 0.25) is 8.69 Å². The van der Waals surface area contributed by atoms with Gasteiger partial charge in [-0.15, -0.1) is 0 Å². The lowest BCUT2D eigenvalue weighted by molar-refractivity contribution is 0.525. The highest BCUT2D eigenvalue weighted by molar-refractivity contribution is 7.17. The van der Waals surface area contributed by atoms with Crippen LogP contribution in [0.15, 0.2) is 53.6 Å². The minimum atomic E-state index is -1.22. The van der Waals surface area contributed by atoms with E-state index in [0.717, 1.165) is 37.2 Å². The van der Waals surface area contributed by atoms with Crippen LogP contribution in [0.25, 0.3) is 0 Å². The Morgan fingerprint density at radius 1 is 1.12 bits per heavy atom. The van der Waals surface area contributed by atoms with E-state index < -0.39 is 8.69 Å². The number of hydrazone groups is 1. The first-order valence-electron chi connectivity index (χ1n) is 8.95. The molecule has 0 saturated heterocycles. The van der Waals surface area contributed by atoms with E-state index in [1.807, 2.05) is 29.3 Å². The second-order valence-corrected chi connectivity index (χ2v) is 6.71. The number of rotatable bonds is 7. The van der Waals surface area contributed by atoms with Crippen LogP contribution in [0.1, 0.15) is 43.7 Å². The van der Waals surface area contributed by atoms with Gasteiger partial charge in [-0.25, -0.2) is 0 Å². The predicted molar refractivity (Wildman–Crippen MR) is 106 cm³/mol. The molecule has 2 aromatic rings. The summed E-state index contributed by atoms with van der Waals surface area (Å²) in [5.41, 5.74) is 4.78. The van der Waals surface area contributed by atoms with Gasteiger partial charge in [-0.1, -0.05) is 37.6 Å². The van der Waals surface area contributed by atoms with E-state index in [1.54, 1.807) is 0 Å². The Bertz CT molecular complexity index is 726. The molecular formula is C20H25N2O2P. The van der Waals surface area contributed by atoms with Crippen LogP contribution >= 0.6 is 8.69 Å². The second-order valence-electron chi connectivity index (χ2n) is 6.28. The van der Waals surface area contributed by atoms with E-state index in [0.29, 0.717) is 5.75 Å². The van der Waals surface area contributed by atoms with Crippen molar-refractivity contribution in [2.45, 2.75) is 39.0 Å². The maximum absolute atomic E-state index is 10.6. The second kappa shape index (κ2) is 8.87. The summed E-state index contributed by atoms with van der Waals surface area (Å²) in [4.78, 5) is 0. The average Bonchev–Trinajstić information content (AvgIpc) is 2.68. The summed E-state index contributed by atoms with van der Waals surface area (Å²) < 4.78 is 15.6. The third kappa shape index (κ3) is 4.73. The molecule has 1 unspecified atom stereocenters. The monoisotopic (exact) mass is 356 g/mol.